The Morgan fingerprint density at radius 3 is 2.33 bits per heavy atom. The number of ether oxygens (including phenoxy) is 4. The number of hydrogen-bond donors (Lipinski definition) is 0. The number of aldehydes is 1. The fourth-order valence-corrected chi connectivity index (χ4v) is 8.34. The van der Waals surface area contributed by atoms with Crippen molar-refractivity contribution >= 4 is 24.2 Å². The van der Waals surface area contributed by atoms with Gasteiger partial charge in [-0.15, -0.1) is 0 Å². The Morgan fingerprint density at radius 1 is 1.02 bits per heavy atom. The molecule has 0 radical (unpaired) electrons. The number of carbonyl (C=O) groups excluding carboxylic acids is 4. The number of allylic oxidation sites excluding steroid dienone is 1. The van der Waals surface area contributed by atoms with Crippen LogP contribution in [0.1, 0.15) is 78.7 Å². The second kappa shape index (κ2) is 13.0. The van der Waals surface area contributed by atoms with Crippen molar-refractivity contribution in [3.05, 3.63) is 41.5 Å². The van der Waals surface area contributed by atoms with Crippen molar-refractivity contribution in [1.29, 1.82) is 0 Å². The molecule has 3 aliphatic carbocycles. The Bertz CT molecular complexity index is 1190. The van der Waals surface area contributed by atoms with Gasteiger partial charge in [-0.05, 0) is 85.8 Å². The van der Waals surface area contributed by atoms with E-state index in [1.807, 2.05) is 24.3 Å². The van der Waals surface area contributed by atoms with Gasteiger partial charge in [-0.1, -0.05) is 44.6 Å². The summed E-state index contributed by atoms with van der Waals surface area (Å²) in [6, 6.07) is 7.41. The van der Waals surface area contributed by atoms with Crippen LogP contribution in [0.15, 0.2) is 35.9 Å². The molecule has 42 heavy (non-hydrogen) atoms. The topological polar surface area (TPSA) is 105 Å². The van der Waals surface area contributed by atoms with E-state index in [4.69, 9.17) is 18.9 Å². The van der Waals surface area contributed by atoms with Crippen LogP contribution >= 0.6 is 0 Å². The first kappa shape index (κ1) is 31.8. The number of methoxy groups -OCH3 is 1. The van der Waals surface area contributed by atoms with Gasteiger partial charge < -0.3 is 23.7 Å². The van der Waals surface area contributed by atoms with Gasteiger partial charge in [0.2, 0.25) is 0 Å². The standard InChI is InChI=1S/C34H46O8/c1-21(2)29-15-26-17-33(20-35,34(29,18-26)32(38)41-19-25-10-12-27(39-6)13-11-25)30-16-31(42-24(5)37)22(3)28(30)9-7-8-14-40-23(4)36/h10-13,15,20-22,26,28,30-31H,7-9,14,16-19H2,1-6H3/t22?,26?,28?,30?,31?,33-,34+/m0/s1. The number of rotatable bonds is 13. The number of fused-ring (bicyclic) bond motifs is 2. The molecule has 0 N–H and O–H groups in total. The van der Waals surface area contributed by atoms with Gasteiger partial charge in [0.1, 0.15) is 30.2 Å². The monoisotopic (exact) mass is 582 g/mol. The third-order valence-electron chi connectivity index (χ3n) is 10.1. The van der Waals surface area contributed by atoms with Crippen molar-refractivity contribution in [3.8, 4) is 5.75 Å². The Kier molecular flexibility index (Phi) is 9.84. The maximum absolute atomic E-state index is 14.4. The van der Waals surface area contributed by atoms with E-state index < -0.39 is 10.8 Å². The summed E-state index contributed by atoms with van der Waals surface area (Å²) < 4.78 is 22.3. The Morgan fingerprint density at radius 2 is 1.74 bits per heavy atom. The summed E-state index contributed by atoms with van der Waals surface area (Å²) in [5.74, 6) is -0.195. The van der Waals surface area contributed by atoms with Crippen molar-refractivity contribution < 1.29 is 38.1 Å². The Balaban J connectivity index is 1.67. The lowest BCUT2D eigenvalue weighted by molar-refractivity contribution is -0.167. The van der Waals surface area contributed by atoms with Crippen molar-refractivity contribution in [3.63, 3.8) is 0 Å². The second-order valence-corrected chi connectivity index (χ2v) is 12.8. The van der Waals surface area contributed by atoms with Crippen LogP contribution < -0.4 is 4.74 Å². The molecule has 2 bridgehead atoms. The Labute approximate surface area is 249 Å². The number of carbonyl (C=O) groups is 4. The fourth-order valence-electron chi connectivity index (χ4n) is 8.34. The van der Waals surface area contributed by atoms with Crippen molar-refractivity contribution in [2.24, 2.45) is 40.4 Å². The summed E-state index contributed by atoms with van der Waals surface area (Å²) in [7, 11) is 1.60. The van der Waals surface area contributed by atoms with Crippen molar-refractivity contribution in [1.82, 2.24) is 0 Å². The molecule has 0 saturated heterocycles. The molecule has 5 unspecified atom stereocenters. The molecule has 0 spiro atoms. The Hall–Kier alpha value is -3.16. The molecular formula is C34H46O8. The molecule has 2 saturated carbocycles. The summed E-state index contributed by atoms with van der Waals surface area (Å²) in [5, 5.41) is 0. The van der Waals surface area contributed by atoms with Crippen LogP contribution in [0.4, 0.5) is 0 Å². The van der Waals surface area contributed by atoms with Crippen molar-refractivity contribution in [2.75, 3.05) is 13.7 Å². The normalized spacial score (nSPS) is 31.5. The molecule has 1 aromatic rings. The van der Waals surface area contributed by atoms with Gasteiger partial charge in [-0.3, -0.25) is 14.4 Å². The predicted octanol–water partition coefficient (Wildman–Crippen LogP) is 5.85. The van der Waals surface area contributed by atoms with E-state index in [0.29, 0.717) is 32.3 Å². The number of hydrogen-bond acceptors (Lipinski definition) is 8. The van der Waals surface area contributed by atoms with Crippen molar-refractivity contribution in [2.45, 2.75) is 85.9 Å². The molecule has 8 heteroatoms. The smallest absolute Gasteiger partial charge is 0.317 e. The first-order chi connectivity index (χ1) is 20.0. The van der Waals surface area contributed by atoms with Gasteiger partial charge >= 0.3 is 17.9 Å². The third kappa shape index (κ3) is 5.86. The quantitative estimate of drug-likeness (QED) is 0.0937. The molecule has 4 rings (SSSR count). The summed E-state index contributed by atoms with van der Waals surface area (Å²) >= 11 is 0. The first-order valence-electron chi connectivity index (χ1n) is 15.3. The van der Waals surface area contributed by atoms with Crippen LogP contribution in [0.2, 0.25) is 0 Å². The highest BCUT2D eigenvalue weighted by atomic mass is 16.5. The van der Waals surface area contributed by atoms with Crippen LogP contribution in [0.5, 0.6) is 5.75 Å². The molecule has 8 nitrogen and oxygen atoms in total. The molecular weight excluding hydrogens is 536 g/mol. The van der Waals surface area contributed by atoms with E-state index in [-0.39, 0.29) is 60.2 Å². The summed E-state index contributed by atoms with van der Waals surface area (Å²) in [6.07, 6.45) is 6.88. The highest BCUT2D eigenvalue weighted by molar-refractivity contribution is 5.89. The largest absolute Gasteiger partial charge is 0.497 e. The second-order valence-electron chi connectivity index (χ2n) is 12.8. The van der Waals surface area contributed by atoms with Gasteiger partial charge in [0.15, 0.2) is 0 Å². The van der Waals surface area contributed by atoms with E-state index in [1.165, 1.54) is 13.8 Å². The lowest BCUT2D eigenvalue weighted by Crippen LogP contribution is -2.53. The molecule has 230 valence electrons. The average molecular weight is 583 g/mol. The molecule has 0 aromatic heterocycles. The molecule has 0 amide bonds. The van der Waals surface area contributed by atoms with Gasteiger partial charge in [0.25, 0.3) is 0 Å². The SMILES string of the molecule is COc1ccc(COC(=O)[C@@]23CC(C=C2C(C)C)C[C@]3(C=O)C2CC(OC(C)=O)C(C)C2CCCCOC(C)=O)cc1. The minimum atomic E-state index is -1.06. The lowest BCUT2D eigenvalue weighted by Gasteiger charge is -2.49. The van der Waals surface area contributed by atoms with E-state index in [2.05, 4.69) is 26.8 Å². The molecule has 1 aromatic carbocycles. The highest BCUT2D eigenvalue weighted by Gasteiger charge is 2.72. The zero-order valence-electron chi connectivity index (χ0n) is 25.9. The van der Waals surface area contributed by atoms with Gasteiger partial charge in [0.05, 0.1) is 13.7 Å². The summed E-state index contributed by atoms with van der Waals surface area (Å²) in [4.78, 5) is 51.2. The zero-order chi connectivity index (χ0) is 30.7. The number of benzene rings is 1. The minimum absolute atomic E-state index is 0.0161. The third-order valence-corrected chi connectivity index (χ3v) is 10.1. The lowest BCUT2D eigenvalue weighted by atomic mass is 9.52. The maximum Gasteiger partial charge on any atom is 0.317 e. The van der Waals surface area contributed by atoms with Crippen LogP contribution in [0.25, 0.3) is 0 Å². The fraction of sp³-hybridized carbons (Fsp3) is 0.647. The minimum Gasteiger partial charge on any atom is -0.497 e. The zero-order valence-corrected chi connectivity index (χ0v) is 25.9. The molecule has 0 heterocycles. The van der Waals surface area contributed by atoms with Crippen LogP contribution in [-0.4, -0.2) is 44.0 Å². The van der Waals surface area contributed by atoms with Gasteiger partial charge in [0, 0.05) is 19.3 Å². The van der Waals surface area contributed by atoms with Crippen LogP contribution in [-0.2, 0) is 40.0 Å². The molecule has 7 atom stereocenters. The average Bonchev–Trinajstić information content (AvgIpc) is 3.60. The highest BCUT2D eigenvalue weighted by Crippen LogP contribution is 2.71. The van der Waals surface area contributed by atoms with E-state index >= 15 is 0 Å². The van der Waals surface area contributed by atoms with Gasteiger partial charge in [-0.2, -0.15) is 0 Å². The van der Waals surface area contributed by atoms with E-state index in [9.17, 15) is 19.2 Å². The van der Waals surface area contributed by atoms with Gasteiger partial charge in [-0.25, -0.2) is 0 Å². The molecule has 3 aliphatic rings. The number of unbranched alkanes of at least 4 members (excludes halogenated alkanes) is 1. The van der Waals surface area contributed by atoms with E-state index in [1.54, 1.807) is 7.11 Å². The first-order valence-corrected chi connectivity index (χ1v) is 15.3. The summed E-state index contributed by atoms with van der Waals surface area (Å²) in [5.41, 5.74) is -0.198. The molecule has 2 fully saturated rings. The maximum atomic E-state index is 14.4. The van der Waals surface area contributed by atoms with E-state index in [0.717, 1.165) is 36.0 Å². The number of esters is 3. The van der Waals surface area contributed by atoms with Crippen LogP contribution in [0.3, 0.4) is 0 Å². The molecule has 0 aliphatic heterocycles. The summed E-state index contributed by atoms with van der Waals surface area (Å²) in [6.45, 7) is 9.50. The predicted molar refractivity (Wildman–Crippen MR) is 156 cm³/mol. The van der Waals surface area contributed by atoms with Crippen LogP contribution in [0, 0.1) is 40.4 Å².